The van der Waals surface area contributed by atoms with Crippen LogP contribution in [0.1, 0.15) is 37.3 Å². The Morgan fingerprint density at radius 1 is 1.53 bits per heavy atom. The number of rotatable bonds is 5. The molecule has 0 bridgehead atoms. The Morgan fingerprint density at radius 3 is 2.73 bits per heavy atom. The Bertz CT molecular complexity index is 322. The number of H-pyrrole nitrogens is 1. The van der Waals surface area contributed by atoms with Gasteiger partial charge in [-0.3, -0.25) is 9.89 Å². The fraction of sp³-hybridized carbons (Fsp3) is 0.667. The third kappa shape index (κ3) is 2.93. The van der Waals surface area contributed by atoms with Gasteiger partial charge in [-0.1, -0.05) is 13.3 Å². The summed E-state index contributed by atoms with van der Waals surface area (Å²) in [6.07, 6.45) is 2.05. The highest BCUT2D eigenvalue weighted by molar-refractivity contribution is 5.90. The number of carbonyl (C=O) groups is 1. The van der Waals surface area contributed by atoms with E-state index in [1.165, 1.54) is 0 Å². The molecule has 0 aliphatic carbocycles. The van der Waals surface area contributed by atoms with E-state index in [4.69, 9.17) is 5.73 Å². The van der Waals surface area contributed by atoms with Crippen molar-refractivity contribution in [2.45, 2.75) is 26.7 Å². The number of hydrogen-bond acceptors (Lipinski definition) is 4. The number of nitrogens with zero attached hydrogens (tertiary/aromatic N) is 3. The van der Waals surface area contributed by atoms with E-state index in [2.05, 4.69) is 22.1 Å². The molecule has 1 aromatic rings. The summed E-state index contributed by atoms with van der Waals surface area (Å²) in [5, 5.41) is 6.15. The molecule has 6 nitrogen and oxygen atoms in total. The van der Waals surface area contributed by atoms with Gasteiger partial charge in [0, 0.05) is 13.1 Å². The van der Waals surface area contributed by atoms with Crippen molar-refractivity contribution in [2.75, 3.05) is 18.8 Å². The Kier molecular flexibility index (Phi) is 4.08. The first-order valence-corrected chi connectivity index (χ1v) is 5.16. The van der Waals surface area contributed by atoms with Crippen molar-refractivity contribution in [1.29, 1.82) is 0 Å². The van der Waals surface area contributed by atoms with Gasteiger partial charge in [0.05, 0.1) is 0 Å². The Balaban J connectivity index is 2.64. The van der Waals surface area contributed by atoms with E-state index in [0.29, 0.717) is 6.54 Å². The lowest BCUT2D eigenvalue weighted by atomic mass is 10.3. The summed E-state index contributed by atoms with van der Waals surface area (Å²) >= 11 is 0. The summed E-state index contributed by atoms with van der Waals surface area (Å²) in [5.41, 5.74) is 5.33. The van der Waals surface area contributed by atoms with Gasteiger partial charge in [-0.15, -0.1) is 5.10 Å². The van der Waals surface area contributed by atoms with Gasteiger partial charge in [0.1, 0.15) is 0 Å². The van der Waals surface area contributed by atoms with Crippen LogP contribution in [-0.4, -0.2) is 39.1 Å². The molecule has 0 saturated carbocycles. The third-order valence-electron chi connectivity index (χ3n) is 2.16. The zero-order valence-corrected chi connectivity index (χ0v) is 9.16. The van der Waals surface area contributed by atoms with Crippen LogP contribution in [0.5, 0.6) is 0 Å². The van der Waals surface area contributed by atoms with Gasteiger partial charge < -0.3 is 10.6 Å². The van der Waals surface area contributed by atoms with Gasteiger partial charge >= 0.3 is 0 Å². The van der Waals surface area contributed by atoms with Crippen LogP contribution in [0.25, 0.3) is 0 Å². The van der Waals surface area contributed by atoms with E-state index in [-0.39, 0.29) is 17.7 Å². The zero-order chi connectivity index (χ0) is 11.3. The summed E-state index contributed by atoms with van der Waals surface area (Å²) < 4.78 is 0. The number of unbranched alkanes of at least 4 members (excludes halogenated alkanes) is 1. The SMILES string of the molecule is CCCCN(CC)C(=O)c1nc(N)n[nH]1. The molecule has 0 fully saturated rings. The number of carbonyl (C=O) groups excluding carboxylic acids is 1. The van der Waals surface area contributed by atoms with Crippen molar-refractivity contribution in [2.24, 2.45) is 0 Å². The van der Waals surface area contributed by atoms with Crippen LogP contribution < -0.4 is 5.73 Å². The van der Waals surface area contributed by atoms with Crippen LogP contribution >= 0.6 is 0 Å². The number of nitrogens with one attached hydrogen (secondary N) is 1. The quantitative estimate of drug-likeness (QED) is 0.748. The predicted molar refractivity (Wildman–Crippen MR) is 57.3 cm³/mol. The maximum absolute atomic E-state index is 11.8. The average molecular weight is 211 g/mol. The molecule has 0 aliphatic rings. The van der Waals surface area contributed by atoms with Gasteiger partial charge in [-0.05, 0) is 13.3 Å². The molecule has 84 valence electrons. The second-order valence-electron chi connectivity index (χ2n) is 3.28. The molecule has 1 aromatic heterocycles. The molecule has 0 radical (unpaired) electrons. The molecule has 0 saturated heterocycles. The molecular weight excluding hydrogens is 194 g/mol. The van der Waals surface area contributed by atoms with Crippen molar-refractivity contribution in [1.82, 2.24) is 20.1 Å². The monoisotopic (exact) mass is 211 g/mol. The standard InChI is InChI=1S/C9H17N5O/c1-3-5-6-14(4-2)8(15)7-11-9(10)13-12-7/h3-6H2,1-2H3,(H3,10,11,12,13). The van der Waals surface area contributed by atoms with Crippen LogP contribution in [0.3, 0.4) is 0 Å². The first kappa shape index (κ1) is 11.5. The van der Waals surface area contributed by atoms with Gasteiger partial charge in [-0.25, -0.2) is 0 Å². The molecule has 0 aliphatic heterocycles. The van der Waals surface area contributed by atoms with Crippen molar-refractivity contribution >= 4 is 11.9 Å². The Labute approximate surface area is 88.9 Å². The molecule has 1 rings (SSSR count). The summed E-state index contributed by atoms with van der Waals surface area (Å²) in [6.45, 7) is 5.43. The fourth-order valence-electron chi connectivity index (χ4n) is 1.27. The topological polar surface area (TPSA) is 87.9 Å². The predicted octanol–water partition coefficient (Wildman–Crippen LogP) is 0.649. The normalized spacial score (nSPS) is 10.3. The minimum atomic E-state index is -0.143. The third-order valence-corrected chi connectivity index (χ3v) is 2.16. The van der Waals surface area contributed by atoms with E-state index in [9.17, 15) is 4.79 Å². The van der Waals surface area contributed by atoms with Crippen molar-refractivity contribution < 1.29 is 4.79 Å². The highest BCUT2D eigenvalue weighted by Gasteiger charge is 2.16. The molecule has 6 heteroatoms. The van der Waals surface area contributed by atoms with Crippen LogP contribution in [-0.2, 0) is 0 Å². The summed E-state index contributed by atoms with van der Waals surface area (Å²) in [5.74, 6) is 0.172. The number of hydrogen-bond donors (Lipinski definition) is 2. The molecule has 0 atom stereocenters. The molecular formula is C9H17N5O. The van der Waals surface area contributed by atoms with Crippen LogP contribution in [0.4, 0.5) is 5.95 Å². The van der Waals surface area contributed by atoms with Crippen molar-refractivity contribution in [3.63, 3.8) is 0 Å². The van der Waals surface area contributed by atoms with E-state index in [0.717, 1.165) is 19.4 Å². The maximum atomic E-state index is 11.8. The maximum Gasteiger partial charge on any atom is 0.291 e. The van der Waals surface area contributed by atoms with Gasteiger partial charge in [0.2, 0.25) is 11.8 Å². The minimum absolute atomic E-state index is 0.102. The number of aromatic amines is 1. The second-order valence-corrected chi connectivity index (χ2v) is 3.28. The van der Waals surface area contributed by atoms with Gasteiger partial charge in [-0.2, -0.15) is 4.98 Å². The van der Waals surface area contributed by atoms with E-state index < -0.39 is 0 Å². The first-order chi connectivity index (χ1) is 7.19. The molecule has 3 N–H and O–H groups in total. The van der Waals surface area contributed by atoms with Crippen LogP contribution in [0, 0.1) is 0 Å². The molecule has 15 heavy (non-hydrogen) atoms. The number of nitrogen functional groups attached to an aromatic ring is 1. The Morgan fingerprint density at radius 2 is 2.27 bits per heavy atom. The zero-order valence-electron chi connectivity index (χ0n) is 9.16. The van der Waals surface area contributed by atoms with Crippen LogP contribution in [0.15, 0.2) is 0 Å². The van der Waals surface area contributed by atoms with E-state index in [1.54, 1.807) is 4.90 Å². The lowest BCUT2D eigenvalue weighted by molar-refractivity contribution is 0.0750. The van der Waals surface area contributed by atoms with Crippen molar-refractivity contribution in [3.8, 4) is 0 Å². The number of amides is 1. The number of anilines is 1. The summed E-state index contributed by atoms with van der Waals surface area (Å²) in [4.78, 5) is 17.4. The first-order valence-electron chi connectivity index (χ1n) is 5.16. The highest BCUT2D eigenvalue weighted by Crippen LogP contribution is 2.02. The fourth-order valence-corrected chi connectivity index (χ4v) is 1.27. The lowest BCUT2D eigenvalue weighted by Gasteiger charge is -2.18. The molecule has 1 heterocycles. The molecule has 0 unspecified atom stereocenters. The molecule has 1 amide bonds. The van der Waals surface area contributed by atoms with Crippen LogP contribution in [0.2, 0.25) is 0 Å². The van der Waals surface area contributed by atoms with Gasteiger partial charge in [0.15, 0.2) is 0 Å². The second kappa shape index (κ2) is 5.33. The average Bonchev–Trinajstić information content (AvgIpc) is 2.65. The lowest BCUT2D eigenvalue weighted by Crippen LogP contribution is -2.32. The van der Waals surface area contributed by atoms with Crippen molar-refractivity contribution in [3.05, 3.63) is 5.82 Å². The minimum Gasteiger partial charge on any atom is -0.366 e. The van der Waals surface area contributed by atoms with Gasteiger partial charge in [0.25, 0.3) is 5.91 Å². The molecule has 0 spiro atoms. The van der Waals surface area contributed by atoms with E-state index >= 15 is 0 Å². The van der Waals surface area contributed by atoms with E-state index in [1.807, 2.05) is 6.92 Å². The Hall–Kier alpha value is -1.59. The number of nitrogens with two attached hydrogens (primary N) is 1. The molecule has 0 aromatic carbocycles. The highest BCUT2D eigenvalue weighted by atomic mass is 16.2. The summed E-state index contributed by atoms with van der Waals surface area (Å²) in [6, 6.07) is 0. The smallest absolute Gasteiger partial charge is 0.291 e. The largest absolute Gasteiger partial charge is 0.366 e. The summed E-state index contributed by atoms with van der Waals surface area (Å²) in [7, 11) is 0. The number of aromatic nitrogens is 3.